The fraction of sp³-hybridized carbons (Fsp3) is 0.647. The van der Waals surface area contributed by atoms with E-state index in [0.717, 1.165) is 26.1 Å². The molecule has 0 aliphatic carbocycles. The topological polar surface area (TPSA) is 24.5 Å². The highest BCUT2D eigenvalue weighted by atomic mass is 16.7. The van der Waals surface area contributed by atoms with Crippen molar-refractivity contribution in [2.24, 2.45) is 0 Å². The zero-order valence-electron chi connectivity index (χ0n) is 13.1. The van der Waals surface area contributed by atoms with Crippen molar-refractivity contribution < 1.29 is 4.84 Å². The lowest BCUT2D eigenvalue weighted by molar-refractivity contribution is -0.0952. The number of likely N-dealkylation sites (tertiary alicyclic amines) is 1. The number of hydrogen-bond donors (Lipinski definition) is 1. The molecule has 20 heavy (non-hydrogen) atoms. The Bertz CT molecular complexity index is 378. The van der Waals surface area contributed by atoms with Crippen LogP contribution in [0.25, 0.3) is 0 Å². The first-order chi connectivity index (χ1) is 9.53. The molecule has 0 amide bonds. The van der Waals surface area contributed by atoms with Crippen LogP contribution in [0.1, 0.15) is 39.2 Å². The van der Waals surface area contributed by atoms with E-state index >= 15 is 0 Å². The van der Waals surface area contributed by atoms with E-state index in [0.29, 0.717) is 6.04 Å². The van der Waals surface area contributed by atoms with Crippen LogP contribution in [0.15, 0.2) is 30.3 Å². The average Bonchev–Trinajstić information content (AvgIpc) is 2.44. The Balaban J connectivity index is 1.64. The molecule has 1 fully saturated rings. The van der Waals surface area contributed by atoms with E-state index in [4.69, 9.17) is 4.84 Å². The minimum Gasteiger partial charge on any atom is -0.303 e. The smallest absolute Gasteiger partial charge is 0.0813 e. The number of hydrogen-bond acceptors (Lipinski definition) is 3. The SMILES string of the molecule is CC(C)(C)ONC1CCN(CCc2ccccc2)CC1. The van der Waals surface area contributed by atoms with Gasteiger partial charge in [0.05, 0.1) is 5.60 Å². The van der Waals surface area contributed by atoms with Crippen molar-refractivity contribution in [1.29, 1.82) is 0 Å². The summed E-state index contributed by atoms with van der Waals surface area (Å²) in [7, 11) is 0. The van der Waals surface area contributed by atoms with E-state index in [2.05, 4.69) is 61.5 Å². The van der Waals surface area contributed by atoms with Crippen LogP contribution in [0, 0.1) is 0 Å². The summed E-state index contributed by atoms with van der Waals surface area (Å²) in [4.78, 5) is 8.22. The molecule has 0 radical (unpaired) electrons. The van der Waals surface area contributed by atoms with Gasteiger partial charge < -0.3 is 4.90 Å². The molecule has 0 unspecified atom stereocenters. The molecule has 1 aromatic carbocycles. The van der Waals surface area contributed by atoms with Gasteiger partial charge in [-0.05, 0) is 58.7 Å². The third kappa shape index (κ3) is 5.61. The van der Waals surface area contributed by atoms with Gasteiger partial charge >= 0.3 is 0 Å². The number of nitrogens with zero attached hydrogens (tertiary/aromatic N) is 1. The second kappa shape index (κ2) is 7.21. The molecule has 3 heteroatoms. The molecule has 1 aliphatic rings. The van der Waals surface area contributed by atoms with Gasteiger partial charge in [0, 0.05) is 12.6 Å². The number of piperidine rings is 1. The highest BCUT2D eigenvalue weighted by Gasteiger charge is 2.21. The minimum absolute atomic E-state index is 0.107. The predicted molar refractivity (Wildman–Crippen MR) is 83.6 cm³/mol. The second-order valence-electron chi connectivity index (χ2n) is 6.68. The van der Waals surface area contributed by atoms with Crippen LogP contribution in [0.3, 0.4) is 0 Å². The van der Waals surface area contributed by atoms with Crippen molar-refractivity contribution >= 4 is 0 Å². The summed E-state index contributed by atoms with van der Waals surface area (Å²) in [6, 6.07) is 11.2. The molecule has 0 saturated carbocycles. The third-order valence-corrected chi connectivity index (χ3v) is 3.68. The van der Waals surface area contributed by atoms with Gasteiger partial charge in [0.15, 0.2) is 0 Å². The first-order valence-corrected chi connectivity index (χ1v) is 7.73. The lowest BCUT2D eigenvalue weighted by Crippen LogP contribution is -2.45. The summed E-state index contributed by atoms with van der Waals surface area (Å²) < 4.78 is 0. The average molecular weight is 276 g/mol. The van der Waals surface area contributed by atoms with Crippen LogP contribution in [0.5, 0.6) is 0 Å². The molecule has 1 N–H and O–H groups in total. The van der Waals surface area contributed by atoms with Crippen molar-refractivity contribution in [3.8, 4) is 0 Å². The number of hydroxylamine groups is 1. The summed E-state index contributed by atoms with van der Waals surface area (Å²) >= 11 is 0. The Labute approximate surface area is 123 Å². The van der Waals surface area contributed by atoms with Crippen molar-refractivity contribution in [2.75, 3.05) is 19.6 Å². The monoisotopic (exact) mass is 276 g/mol. The van der Waals surface area contributed by atoms with E-state index < -0.39 is 0 Å². The molecule has 1 heterocycles. The van der Waals surface area contributed by atoms with E-state index in [-0.39, 0.29) is 5.60 Å². The molecule has 0 atom stereocenters. The molecule has 1 aliphatic heterocycles. The zero-order chi connectivity index (χ0) is 14.4. The summed E-state index contributed by atoms with van der Waals surface area (Å²) in [5.41, 5.74) is 4.56. The van der Waals surface area contributed by atoms with Gasteiger partial charge in [0.1, 0.15) is 0 Å². The van der Waals surface area contributed by atoms with Gasteiger partial charge in [0.2, 0.25) is 0 Å². The van der Waals surface area contributed by atoms with Gasteiger partial charge in [0.25, 0.3) is 0 Å². The summed E-state index contributed by atoms with van der Waals surface area (Å²) in [6.45, 7) is 9.73. The van der Waals surface area contributed by atoms with Crippen molar-refractivity contribution in [2.45, 2.75) is 51.7 Å². The maximum absolute atomic E-state index is 5.66. The molecule has 112 valence electrons. The summed E-state index contributed by atoms with van der Waals surface area (Å²) in [6.07, 6.45) is 3.49. The first kappa shape index (κ1) is 15.5. The molecule has 0 aromatic heterocycles. The predicted octanol–water partition coefficient (Wildman–Crippen LogP) is 3.01. The molecule has 0 spiro atoms. The fourth-order valence-electron chi connectivity index (χ4n) is 2.47. The van der Waals surface area contributed by atoms with Crippen molar-refractivity contribution in [3.05, 3.63) is 35.9 Å². The lowest BCUT2D eigenvalue weighted by Gasteiger charge is -2.33. The quantitative estimate of drug-likeness (QED) is 0.837. The Kier molecular flexibility index (Phi) is 5.58. The minimum atomic E-state index is -0.107. The maximum Gasteiger partial charge on any atom is 0.0813 e. The Morgan fingerprint density at radius 3 is 2.40 bits per heavy atom. The van der Waals surface area contributed by atoms with Crippen LogP contribution >= 0.6 is 0 Å². The fourth-order valence-corrected chi connectivity index (χ4v) is 2.47. The molecular formula is C17H28N2O. The molecule has 1 saturated heterocycles. The Morgan fingerprint density at radius 2 is 1.80 bits per heavy atom. The Morgan fingerprint density at radius 1 is 1.15 bits per heavy atom. The zero-order valence-corrected chi connectivity index (χ0v) is 13.1. The van der Waals surface area contributed by atoms with Crippen LogP contribution in [-0.4, -0.2) is 36.2 Å². The highest BCUT2D eigenvalue weighted by molar-refractivity contribution is 5.14. The first-order valence-electron chi connectivity index (χ1n) is 7.73. The normalized spacial score (nSPS) is 18.4. The Hall–Kier alpha value is -0.900. The number of benzene rings is 1. The van der Waals surface area contributed by atoms with Gasteiger partial charge in [-0.3, -0.25) is 4.84 Å². The van der Waals surface area contributed by atoms with E-state index in [9.17, 15) is 0 Å². The standard InChI is InChI=1S/C17H28N2O/c1-17(2,3)20-18-16-10-13-19(14-11-16)12-9-15-7-5-4-6-8-15/h4-8,16,18H,9-14H2,1-3H3. The van der Waals surface area contributed by atoms with E-state index in [1.165, 1.54) is 18.4 Å². The van der Waals surface area contributed by atoms with Crippen molar-refractivity contribution in [3.63, 3.8) is 0 Å². The number of nitrogens with one attached hydrogen (secondary N) is 1. The molecule has 3 nitrogen and oxygen atoms in total. The van der Waals surface area contributed by atoms with Gasteiger partial charge in [-0.25, -0.2) is 0 Å². The van der Waals surface area contributed by atoms with Crippen LogP contribution in [-0.2, 0) is 11.3 Å². The highest BCUT2D eigenvalue weighted by Crippen LogP contribution is 2.13. The molecule has 2 rings (SSSR count). The molecule has 0 bridgehead atoms. The molecule has 1 aromatic rings. The third-order valence-electron chi connectivity index (χ3n) is 3.68. The van der Waals surface area contributed by atoms with E-state index in [1.807, 2.05) is 0 Å². The maximum atomic E-state index is 5.66. The summed E-state index contributed by atoms with van der Waals surface area (Å²) in [5.74, 6) is 0. The van der Waals surface area contributed by atoms with Crippen LogP contribution < -0.4 is 5.48 Å². The van der Waals surface area contributed by atoms with Gasteiger partial charge in [-0.2, -0.15) is 5.48 Å². The molecular weight excluding hydrogens is 248 g/mol. The van der Waals surface area contributed by atoms with E-state index in [1.54, 1.807) is 0 Å². The van der Waals surface area contributed by atoms with Gasteiger partial charge in [-0.1, -0.05) is 30.3 Å². The summed E-state index contributed by atoms with van der Waals surface area (Å²) in [5, 5.41) is 0. The van der Waals surface area contributed by atoms with Gasteiger partial charge in [-0.15, -0.1) is 0 Å². The number of rotatable bonds is 5. The second-order valence-corrected chi connectivity index (χ2v) is 6.68. The van der Waals surface area contributed by atoms with Crippen molar-refractivity contribution in [1.82, 2.24) is 10.4 Å². The van der Waals surface area contributed by atoms with Crippen LogP contribution in [0.4, 0.5) is 0 Å². The largest absolute Gasteiger partial charge is 0.303 e. The van der Waals surface area contributed by atoms with Crippen LogP contribution in [0.2, 0.25) is 0 Å². The lowest BCUT2D eigenvalue weighted by atomic mass is 10.0.